The molecule has 3 aliphatic heterocycles. The zero-order valence-electron chi connectivity index (χ0n) is 25.7. The largest absolute Gasteiger partial charge is 0.491 e. The van der Waals surface area contributed by atoms with Crippen LogP contribution in [0.3, 0.4) is 0 Å². The number of carbonyl (C=O) groups excluding carboxylic acids is 4. The first-order valence-corrected chi connectivity index (χ1v) is 15.4. The lowest BCUT2D eigenvalue weighted by atomic mass is 10.0. The summed E-state index contributed by atoms with van der Waals surface area (Å²) >= 11 is 0. The molecule has 0 bridgehead atoms. The van der Waals surface area contributed by atoms with Crippen molar-refractivity contribution < 1.29 is 34.1 Å². The maximum atomic E-state index is 13.8. The Kier molecular flexibility index (Phi) is 9.83. The van der Waals surface area contributed by atoms with Gasteiger partial charge in [-0.15, -0.1) is 0 Å². The predicted molar refractivity (Wildman–Crippen MR) is 163 cm³/mol. The molecular formula is C31H41N7O7. The third-order valence-corrected chi connectivity index (χ3v) is 8.40. The first kappa shape index (κ1) is 32.1. The van der Waals surface area contributed by atoms with Crippen molar-refractivity contribution in [2.75, 3.05) is 37.7 Å². The fourth-order valence-electron chi connectivity index (χ4n) is 5.86. The summed E-state index contributed by atoms with van der Waals surface area (Å²) in [6.07, 6.45) is 1.83. The number of benzene rings is 1. The van der Waals surface area contributed by atoms with Crippen LogP contribution in [0.2, 0.25) is 0 Å². The average Bonchev–Trinajstić information content (AvgIpc) is 3.42. The lowest BCUT2D eigenvalue weighted by molar-refractivity contribution is -0.141. The summed E-state index contributed by atoms with van der Waals surface area (Å²) in [6, 6.07) is 3.89. The number of nitrogens with zero attached hydrogens (tertiary/aromatic N) is 4. The zero-order chi connectivity index (χ0) is 32.2. The summed E-state index contributed by atoms with van der Waals surface area (Å²) in [5, 5.41) is 28.3. The second kappa shape index (κ2) is 13.8. The summed E-state index contributed by atoms with van der Waals surface area (Å²) in [5.41, 5.74) is 0.701. The third kappa shape index (κ3) is 7.34. The molecule has 2 aromatic rings. The van der Waals surface area contributed by atoms with Crippen molar-refractivity contribution in [3.8, 4) is 17.1 Å². The molecule has 45 heavy (non-hydrogen) atoms. The maximum absolute atomic E-state index is 13.8. The Morgan fingerprint density at radius 1 is 1.00 bits per heavy atom. The van der Waals surface area contributed by atoms with Gasteiger partial charge in [0.15, 0.2) is 5.82 Å². The van der Waals surface area contributed by atoms with Crippen LogP contribution in [-0.2, 0) is 14.4 Å². The SMILES string of the molecule is CC(C)[C@@H]1NC(=O)c2cc(-c3nccc(N4CCC(O)CC4)n3)ccc2OCCNC(=O)[C@@H]2C[C@H](O)CN2C(=O)[C@@H](C)NC1=O. The Balaban J connectivity index is 1.45. The number of nitrogens with one attached hydrogen (secondary N) is 3. The molecule has 0 saturated carbocycles. The van der Waals surface area contributed by atoms with Crippen LogP contribution in [0.1, 0.15) is 50.4 Å². The van der Waals surface area contributed by atoms with Gasteiger partial charge < -0.3 is 40.7 Å². The Morgan fingerprint density at radius 2 is 1.76 bits per heavy atom. The number of aliphatic hydroxyl groups excluding tert-OH is 2. The number of hydrogen-bond donors (Lipinski definition) is 5. The average molecular weight is 624 g/mol. The van der Waals surface area contributed by atoms with E-state index in [1.165, 1.54) is 11.8 Å². The molecule has 1 aromatic carbocycles. The number of hydrogen-bond acceptors (Lipinski definition) is 10. The van der Waals surface area contributed by atoms with E-state index in [9.17, 15) is 29.4 Å². The second-order valence-electron chi connectivity index (χ2n) is 12.1. The van der Waals surface area contributed by atoms with Crippen molar-refractivity contribution in [1.29, 1.82) is 0 Å². The van der Waals surface area contributed by atoms with Gasteiger partial charge in [-0.1, -0.05) is 13.8 Å². The number of ether oxygens (including phenoxy) is 1. The predicted octanol–water partition coefficient (Wildman–Crippen LogP) is -0.166. The zero-order valence-corrected chi connectivity index (χ0v) is 25.7. The molecule has 0 radical (unpaired) electrons. The fraction of sp³-hybridized carbons (Fsp3) is 0.548. The maximum Gasteiger partial charge on any atom is 0.255 e. The van der Waals surface area contributed by atoms with Crippen LogP contribution in [0, 0.1) is 5.92 Å². The van der Waals surface area contributed by atoms with Crippen molar-refractivity contribution in [2.45, 2.75) is 70.4 Å². The third-order valence-electron chi connectivity index (χ3n) is 8.40. The number of carbonyl (C=O) groups is 4. The Hall–Kier alpha value is -4.30. The molecule has 0 unspecified atom stereocenters. The molecule has 4 heterocycles. The van der Waals surface area contributed by atoms with Gasteiger partial charge in [-0.2, -0.15) is 0 Å². The minimum Gasteiger partial charge on any atom is -0.491 e. The minimum atomic E-state index is -1.00. The second-order valence-corrected chi connectivity index (χ2v) is 12.1. The standard InChI is InChI=1S/C31H41N7O7/c1-17(2)26-30(43)34-18(3)31(44)38-16-21(40)15-23(38)29(42)33-10-13-45-24-5-4-19(14-22(24)28(41)36-26)27-32-9-6-25(35-27)37-11-7-20(39)8-12-37/h4-6,9,14,17-18,20-21,23,26,39-40H,7-8,10-13,15-16H2,1-3H3,(H,33,42)(H,34,43)(H,36,41)/t18-,21+,23+,26+/m1/s1. The molecule has 242 valence electrons. The smallest absolute Gasteiger partial charge is 0.255 e. The highest BCUT2D eigenvalue weighted by Crippen LogP contribution is 2.28. The van der Waals surface area contributed by atoms with Crippen molar-refractivity contribution in [3.63, 3.8) is 0 Å². The van der Waals surface area contributed by atoms with E-state index in [1.807, 2.05) is 0 Å². The summed E-state index contributed by atoms with van der Waals surface area (Å²) in [7, 11) is 0. The van der Waals surface area contributed by atoms with Crippen LogP contribution in [0.15, 0.2) is 30.5 Å². The molecule has 2 fully saturated rings. The number of amides is 4. The number of fused-ring (bicyclic) bond motifs is 2. The van der Waals surface area contributed by atoms with E-state index in [0.717, 1.165) is 0 Å². The van der Waals surface area contributed by atoms with E-state index in [2.05, 4.69) is 25.8 Å². The van der Waals surface area contributed by atoms with Crippen LogP contribution < -0.4 is 25.6 Å². The van der Waals surface area contributed by atoms with Gasteiger partial charge in [-0.05, 0) is 49.9 Å². The normalized spacial score (nSPS) is 25.6. The van der Waals surface area contributed by atoms with E-state index >= 15 is 0 Å². The van der Waals surface area contributed by atoms with Gasteiger partial charge in [-0.25, -0.2) is 9.97 Å². The number of anilines is 1. The van der Waals surface area contributed by atoms with Gasteiger partial charge in [0.25, 0.3) is 5.91 Å². The van der Waals surface area contributed by atoms with Gasteiger partial charge >= 0.3 is 0 Å². The highest BCUT2D eigenvalue weighted by Gasteiger charge is 2.41. The monoisotopic (exact) mass is 623 g/mol. The van der Waals surface area contributed by atoms with E-state index in [0.29, 0.717) is 43.1 Å². The van der Waals surface area contributed by atoms with Crippen LogP contribution in [-0.4, -0.2) is 112 Å². The fourth-order valence-corrected chi connectivity index (χ4v) is 5.86. The number of piperidine rings is 1. The lowest BCUT2D eigenvalue weighted by Crippen LogP contribution is -2.57. The van der Waals surface area contributed by atoms with Gasteiger partial charge in [0.05, 0.1) is 24.3 Å². The van der Waals surface area contributed by atoms with Crippen molar-refractivity contribution in [1.82, 2.24) is 30.8 Å². The van der Waals surface area contributed by atoms with Crippen molar-refractivity contribution in [3.05, 3.63) is 36.0 Å². The van der Waals surface area contributed by atoms with Gasteiger partial charge in [-0.3, -0.25) is 19.2 Å². The van der Waals surface area contributed by atoms with E-state index in [1.54, 1.807) is 44.3 Å². The molecule has 5 N–H and O–H groups in total. The van der Waals surface area contributed by atoms with Gasteiger partial charge in [0.2, 0.25) is 17.7 Å². The molecule has 1 aromatic heterocycles. The lowest BCUT2D eigenvalue weighted by Gasteiger charge is -2.30. The quantitative estimate of drug-likeness (QED) is 0.308. The van der Waals surface area contributed by atoms with E-state index in [4.69, 9.17) is 9.72 Å². The summed E-state index contributed by atoms with van der Waals surface area (Å²) in [5.74, 6) is -1.07. The molecule has 4 atom stereocenters. The van der Waals surface area contributed by atoms with Crippen molar-refractivity contribution >= 4 is 29.4 Å². The molecule has 14 heteroatoms. The van der Waals surface area contributed by atoms with Gasteiger partial charge in [0, 0.05) is 37.8 Å². The number of rotatable bonds is 3. The van der Waals surface area contributed by atoms with Gasteiger partial charge in [0.1, 0.15) is 36.3 Å². The Morgan fingerprint density at radius 3 is 2.49 bits per heavy atom. The molecule has 5 rings (SSSR count). The summed E-state index contributed by atoms with van der Waals surface area (Å²) in [4.78, 5) is 65.9. The molecule has 14 nitrogen and oxygen atoms in total. The van der Waals surface area contributed by atoms with Crippen molar-refractivity contribution in [2.24, 2.45) is 5.92 Å². The first-order valence-electron chi connectivity index (χ1n) is 15.4. The molecule has 0 aliphatic carbocycles. The topological polar surface area (TPSA) is 186 Å². The highest BCUT2D eigenvalue weighted by molar-refractivity contribution is 6.01. The van der Waals surface area contributed by atoms with Crippen LogP contribution >= 0.6 is 0 Å². The van der Waals surface area contributed by atoms with E-state index in [-0.39, 0.29) is 49.5 Å². The number of aliphatic hydroxyl groups is 2. The molecular weight excluding hydrogens is 582 g/mol. The molecule has 3 aliphatic rings. The Bertz CT molecular complexity index is 1430. The number of aromatic nitrogens is 2. The first-order chi connectivity index (χ1) is 21.5. The molecule has 0 spiro atoms. The van der Waals surface area contributed by atoms with Crippen LogP contribution in [0.4, 0.5) is 5.82 Å². The van der Waals surface area contributed by atoms with Crippen LogP contribution in [0.25, 0.3) is 11.4 Å². The molecule has 4 amide bonds. The minimum absolute atomic E-state index is 0.0197. The molecule has 2 saturated heterocycles. The van der Waals surface area contributed by atoms with Crippen LogP contribution in [0.5, 0.6) is 5.75 Å². The van der Waals surface area contributed by atoms with E-state index < -0.39 is 47.9 Å². The summed E-state index contributed by atoms with van der Waals surface area (Å²) in [6.45, 7) is 6.48. The highest BCUT2D eigenvalue weighted by atomic mass is 16.5. The Labute approximate surface area is 261 Å². The summed E-state index contributed by atoms with van der Waals surface area (Å²) < 4.78 is 5.94.